The third-order valence-electron chi connectivity index (χ3n) is 2.78. The third kappa shape index (κ3) is 1.67. The van der Waals surface area contributed by atoms with Crippen LogP contribution >= 0.6 is 0 Å². The molecule has 1 atom stereocenters. The minimum absolute atomic E-state index is 0.189. The molecule has 1 aromatic carbocycles. The fraction of sp³-hybridized carbons (Fsp3) is 0.455. The summed E-state index contributed by atoms with van der Waals surface area (Å²) in [6.45, 7) is 1.50. The minimum atomic E-state index is -0.219. The van der Waals surface area contributed by atoms with Crippen LogP contribution in [0.4, 0.5) is 15.8 Å². The predicted molar refractivity (Wildman–Crippen MR) is 57.1 cm³/mol. The van der Waals surface area contributed by atoms with Crippen molar-refractivity contribution in [2.24, 2.45) is 5.92 Å². The van der Waals surface area contributed by atoms with Gasteiger partial charge in [0.15, 0.2) is 0 Å². The number of nitrogens with two attached hydrogens (primary N) is 1. The molecule has 1 heterocycles. The molecule has 0 aliphatic carbocycles. The second-order valence-corrected chi connectivity index (χ2v) is 3.81. The number of benzene rings is 1. The number of anilines is 2. The molecule has 1 unspecified atom stereocenters. The number of rotatable bonds is 2. The van der Waals surface area contributed by atoms with Crippen molar-refractivity contribution in [2.45, 2.75) is 6.42 Å². The highest BCUT2D eigenvalue weighted by Gasteiger charge is 2.23. The standard InChI is InChI=1S/C11H15FN2/c12-7-9-5-6-14(8-9)11-4-2-1-3-10(11)13/h1-4,9H,5-8,13H2. The van der Waals surface area contributed by atoms with Crippen molar-refractivity contribution in [3.63, 3.8) is 0 Å². The molecule has 0 amide bonds. The van der Waals surface area contributed by atoms with Gasteiger partial charge in [0.25, 0.3) is 0 Å². The number of hydrogen-bond acceptors (Lipinski definition) is 2. The molecule has 2 N–H and O–H groups in total. The lowest BCUT2D eigenvalue weighted by Gasteiger charge is -2.19. The van der Waals surface area contributed by atoms with Gasteiger partial charge in [-0.3, -0.25) is 4.39 Å². The Morgan fingerprint density at radius 2 is 2.21 bits per heavy atom. The summed E-state index contributed by atoms with van der Waals surface area (Å²) in [6.07, 6.45) is 0.935. The average molecular weight is 194 g/mol. The first-order chi connectivity index (χ1) is 6.81. The van der Waals surface area contributed by atoms with E-state index < -0.39 is 0 Å². The van der Waals surface area contributed by atoms with Crippen LogP contribution in [0.2, 0.25) is 0 Å². The van der Waals surface area contributed by atoms with E-state index in [0.29, 0.717) is 0 Å². The second kappa shape index (κ2) is 3.86. The molecule has 1 aromatic rings. The zero-order chi connectivity index (χ0) is 9.97. The van der Waals surface area contributed by atoms with Gasteiger partial charge in [-0.25, -0.2) is 0 Å². The van der Waals surface area contributed by atoms with Crippen molar-refractivity contribution >= 4 is 11.4 Å². The van der Waals surface area contributed by atoms with Crippen LogP contribution in [0, 0.1) is 5.92 Å². The molecule has 0 radical (unpaired) electrons. The summed E-state index contributed by atoms with van der Waals surface area (Å²) in [4.78, 5) is 2.17. The lowest BCUT2D eigenvalue weighted by atomic mass is 10.1. The maximum Gasteiger partial charge on any atom is 0.0940 e. The summed E-state index contributed by atoms with van der Waals surface area (Å²) in [7, 11) is 0. The molecule has 76 valence electrons. The van der Waals surface area contributed by atoms with Gasteiger partial charge in [0.2, 0.25) is 0 Å². The zero-order valence-corrected chi connectivity index (χ0v) is 8.12. The minimum Gasteiger partial charge on any atom is -0.397 e. The van der Waals surface area contributed by atoms with Crippen LogP contribution in [0.3, 0.4) is 0 Å². The van der Waals surface area contributed by atoms with Gasteiger partial charge in [-0.15, -0.1) is 0 Å². The topological polar surface area (TPSA) is 29.3 Å². The van der Waals surface area contributed by atoms with Gasteiger partial charge in [0.1, 0.15) is 0 Å². The molecule has 0 bridgehead atoms. The van der Waals surface area contributed by atoms with E-state index >= 15 is 0 Å². The van der Waals surface area contributed by atoms with Crippen molar-refractivity contribution in [3.8, 4) is 0 Å². The molecule has 2 rings (SSSR count). The molecule has 1 aliphatic heterocycles. The molecule has 2 nitrogen and oxygen atoms in total. The van der Waals surface area contributed by atoms with Crippen LogP contribution in [0.25, 0.3) is 0 Å². The second-order valence-electron chi connectivity index (χ2n) is 3.81. The van der Waals surface area contributed by atoms with E-state index in [2.05, 4.69) is 4.90 Å². The summed E-state index contributed by atoms with van der Waals surface area (Å²) in [6, 6.07) is 7.77. The van der Waals surface area contributed by atoms with Gasteiger partial charge in [0.05, 0.1) is 18.0 Å². The summed E-state index contributed by atoms with van der Waals surface area (Å²) >= 11 is 0. The van der Waals surface area contributed by atoms with Gasteiger partial charge in [0, 0.05) is 19.0 Å². The Labute approximate surface area is 83.5 Å². The Morgan fingerprint density at radius 3 is 2.86 bits per heavy atom. The van der Waals surface area contributed by atoms with Gasteiger partial charge >= 0.3 is 0 Å². The van der Waals surface area contributed by atoms with E-state index in [4.69, 9.17) is 5.73 Å². The van der Waals surface area contributed by atoms with Crippen LogP contribution in [0.5, 0.6) is 0 Å². The maximum atomic E-state index is 12.4. The number of nitrogen functional groups attached to an aromatic ring is 1. The quantitative estimate of drug-likeness (QED) is 0.730. The average Bonchev–Trinajstić information content (AvgIpc) is 2.67. The van der Waals surface area contributed by atoms with Crippen LogP contribution < -0.4 is 10.6 Å². The van der Waals surface area contributed by atoms with Gasteiger partial charge in [-0.05, 0) is 18.6 Å². The van der Waals surface area contributed by atoms with Crippen molar-refractivity contribution in [3.05, 3.63) is 24.3 Å². The van der Waals surface area contributed by atoms with E-state index in [-0.39, 0.29) is 12.6 Å². The first-order valence-electron chi connectivity index (χ1n) is 4.96. The number of alkyl halides is 1. The molecule has 14 heavy (non-hydrogen) atoms. The van der Waals surface area contributed by atoms with E-state index in [1.807, 2.05) is 24.3 Å². The molecule has 0 saturated carbocycles. The number of hydrogen-bond donors (Lipinski definition) is 1. The molecule has 0 aromatic heterocycles. The Bertz CT molecular complexity index is 314. The SMILES string of the molecule is Nc1ccccc1N1CCC(CF)C1. The largest absolute Gasteiger partial charge is 0.397 e. The fourth-order valence-electron chi connectivity index (χ4n) is 1.95. The summed E-state index contributed by atoms with van der Waals surface area (Å²) in [5, 5.41) is 0. The van der Waals surface area contributed by atoms with Crippen LogP contribution in [0.1, 0.15) is 6.42 Å². The third-order valence-corrected chi connectivity index (χ3v) is 2.78. The first-order valence-corrected chi connectivity index (χ1v) is 4.96. The highest BCUT2D eigenvalue weighted by Crippen LogP contribution is 2.28. The molecule has 3 heteroatoms. The molecule has 1 aliphatic rings. The summed E-state index contributed by atoms with van der Waals surface area (Å²) in [5.74, 6) is 0.189. The first kappa shape index (κ1) is 9.31. The number of halogens is 1. The highest BCUT2D eigenvalue weighted by atomic mass is 19.1. The number of nitrogens with zero attached hydrogens (tertiary/aromatic N) is 1. The monoisotopic (exact) mass is 194 g/mol. The van der Waals surface area contributed by atoms with Crippen LogP contribution in [-0.4, -0.2) is 19.8 Å². The molecule has 0 spiro atoms. The summed E-state index contributed by atoms with van der Waals surface area (Å²) < 4.78 is 12.4. The van der Waals surface area contributed by atoms with E-state index in [1.54, 1.807) is 0 Å². The fourth-order valence-corrected chi connectivity index (χ4v) is 1.95. The molecular formula is C11H15FN2. The number of para-hydroxylation sites is 2. The smallest absolute Gasteiger partial charge is 0.0940 e. The van der Waals surface area contributed by atoms with Gasteiger partial charge in [-0.2, -0.15) is 0 Å². The Balaban J connectivity index is 2.13. The predicted octanol–water partition coefficient (Wildman–Crippen LogP) is 2.06. The van der Waals surface area contributed by atoms with Gasteiger partial charge < -0.3 is 10.6 Å². The van der Waals surface area contributed by atoms with E-state index in [1.165, 1.54) is 0 Å². The van der Waals surface area contributed by atoms with Crippen molar-refractivity contribution in [1.29, 1.82) is 0 Å². The van der Waals surface area contributed by atoms with Gasteiger partial charge in [-0.1, -0.05) is 12.1 Å². The molecule has 1 saturated heterocycles. The lowest BCUT2D eigenvalue weighted by Crippen LogP contribution is -2.21. The van der Waals surface area contributed by atoms with Crippen molar-refractivity contribution in [1.82, 2.24) is 0 Å². The van der Waals surface area contributed by atoms with Crippen molar-refractivity contribution < 1.29 is 4.39 Å². The summed E-state index contributed by atoms with van der Waals surface area (Å²) in [5.41, 5.74) is 7.68. The molecular weight excluding hydrogens is 179 g/mol. The Morgan fingerprint density at radius 1 is 1.43 bits per heavy atom. The zero-order valence-electron chi connectivity index (χ0n) is 8.12. The van der Waals surface area contributed by atoms with E-state index in [0.717, 1.165) is 30.9 Å². The highest BCUT2D eigenvalue weighted by molar-refractivity contribution is 5.67. The lowest BCUT2D eigenvalue weighted by molar-refractivity contribution is 0.385. The van der Waals surface area contributed by atoms with Crippen molar-refractivity contribution in [2.75, 3.05) is 30.4 Å². The normalized spacial score (nSPS) is 21.5. The van der Waals surface area contributed by atoms with Crippen LogP contribution in [0.15, 0.2) is 24.3 Å². The van der Waals surface area contributed by atoms with Crippen LogP contribution in [-0.2, 0) is 0 Å². The maximum absolute atomic E-state index is 12.4. The molecule has 1 fully saturated rings. The Hall–Kier alpha value is -1.25. The Kier molecular flexibility index (Phi) is 2.57. The van der Waals surface area contributed by atoms with E-state index in [9.17, 15) is 4.39 Å².